The molecule has 0 radical (unpaired) electrons. The van der Waals surface area contributed by atoms with E-state index in [1.165, 1.54) is 13.0 Å². The lowest BCUT2D eigenvalue weighted by Crippen LogP contribution is -2.38. The lowest BCUT2D eigenvalue weighted by molar-refractivity contribution is -0.138. The van der Waals surface area contributed by atoms with Gasteiger partial charge in [-0.2, -0.15) is 13.2 Å². The number of hydrogen-bond donors (Lipinski definition) is 2. The van der Waals surface area contributed by atoms with E-state index in [0.717, 1.165) is 24.3 Å². The van der Waals surface area contributed by atoms with Crippen LogP contribution in [0.3, 0.4) is 0 Å². The molecule has 0 aliphatic heterocycles. The smallest absolute Gasteiger partial charge is 0.416 e. The number of rotatable bonds is 5. The first kappa shape index (κ1) is 19.6. The van der Waals surface area contributed by atoms with Crippen molar-refractivity contribution in [2.75, 3.05) is 0 Å². The minimum atomic E-state index is -4.71. The second-order valence-corrected chi connectivity index (χ2v) is 5.50. The summed E-state index contributed by atoms with van der Waals surface area (Å²) in [6.45, 7) is 1.03. The second kappa shape index (κ2) is 7.69. The molecule has 0 fully saturated rings. The number of ether oxygens (including phenoxy) is 1. The number of hydrogen-bond acceptors (Lipinski definition) is 3. The van der Waals surface area contributed by atoms with E-state index in [4.69, 9.17) is 10.5 Å². The summed E-state index contributed by atoms with van der Waals surface area (Å²) in [6, 6.07) is 4.81. The lowest BCUT2D eigenvalue weighted by Gasteiger charge is -2.16. The van der Waals surface area contributed by atoms with Gasteiger partial charge in [0, 0.05) is 12.6 Å². The fourth-order valence-corrected chi connectivity index (χ4v) is 2.06. The van der Waals surface area contributed by atoms with Crippen molar-refractivity contribution in [1.82, 2.24) is 5.32 Å². The number of halogens is 5. The van der Waals surface area contributed by atoms with Gasteiger partial charge in [-0.25, -0.2) is 8.78 Å². The topological polar surface area (TPSA) is 64.4 Å². The minimum absolute atomic E-state index is 0.157. The molecule has 9 heteroatoms. The number of alkyl halides is 3. The Morgan fingerprint density at radius 1 is 1.12 bits per heavy atom. The van der Waals surface area contributed by atoms with Gasteiger partial charge >= 0.3 is 6.18 Å². The van der Waals surface area contributed by atoms with Crippen molar-refractivity contribution in [2.24, 2.45) is 5.73 Å². The SMILES string of the molecule is CC(N)C(=O)NCc1ccc(Oc2ccc(F)c(F)c2)cc1C(F)(F)F. The number of nitrogens with two attached hydrogens (primary N) is 1. The fraction of sp³-hybridized carbons (Fsp3) is 0.235. The molecule has 0 spiro atoms. The zero-order valence-electron chi connectivity index (χ0n) is 13.5. The largest absolute Gasteiger partial charge is 0.457 e. The van der Waals surface area contributed by atoms with Crippen molar-refractivity contribution in [1.29, 1.82) is 0 Å². The predicted molar refractivity (Wildman–Crippen MR) is 83.4 cm³/mol. The van der Waals surface area contributed by atoms with Crippen LogP contribution >= 0.6 is 0 Å². The first-order valence-corrected chi connectivity index (χ1v) is 7.44. The Balaban J connectivity index is 2.27. The van der Waals surface area contributed by atoms with E-state index in [0.29, 0.717) is 6.07 Å². The van der Waals surface area contributed by atoms with Gasteiger partial charge in [0.15, 0.2) is 11.6 Å². The number of benzene rings is 2. The molecule has 140 valence electrons. The normalized spacial score (nSPS) is 12.6. The average molecular weight is 374 g/mol. The van der Waals surface area contributed by atoms with Gasteiger partial charge in [-0.1, -0.05) is 6.07 Å². The maximum atomic E-state index is 13.3. The number of carbonyl (C=O) groups excluding carboxylic acids is 1. The summed E-state index contributed by atoms with van der Waals surface area (Å²) >= 11 is 0. The Bertz CT molecular complexity index is 806. The van der Waals surface area contributed by atoms with Crippen molar-refractivity contribution in [2.45, 2.75) is 25.7 Å². The van der Waals surface area contributed by atoms with E-state index in [1.807, 2.05) is 0 Å². The van der Waals surface area contributed by atoms with Crippen molar-refractivity contribution >= 4 is 5.91 Å². The van der Waals surface area contributed by atoms with Gasteiger partial charge in [0.25, 0.3) is 0 Å². The molecule has 0 aromatic heterocycles. The van der Waals surface area contributed by atoms with Crippen LogP contribution < -0.4 is 15.8 Å². The van der Waals surface area contributed by atoms with Crippen LogP contribution in [-0.4, -0.2) is 11.9 Å². The summed E-state index contributed by atoms with van der Waals surface area (Å²) in [5.74, 6) is -3.26. The van der Waals surface area contributed by atoms with Crippen LogP contribution in [0.1, 0.15) is 18.1 Å². The Hall–Kier alpha value is -2.68. The molecular formula is C17H15F5N2O2. The minimum Gasteiger partial charge on any atom is -0.457 e. The van der Waals surface area contributed by atoms with Gasteiger partial charge in [-0.15, -0.1) is 0 Å². The van der Waals surface area contributed by atoms with Gasteiger partial charge in [0.05, 0.1) is 11.6 Å². The summed E-state index contributed by atoms with van der Waals surface area (Å²) in [5, 5.41) is 2.30. The van der Waals surface area contributed by atoms with Crippen molar-refractivity contribution in [3.8, 4) is 11.5 Å². The van der Waals surface area contributed by atoms with E-state index < -0.39 is 35.3 Å². The molecule has 0 saturated heterocycles. The zero-order valence-corrected chi connectivity index (χ0v) is 13.5. The molecule has 1 amide bonds. The average Bonchev–Trinajstić information content (AvgIpc) is 2.55. The Morgan fingerprint density at radius 3 is 2.31 bits per heavy atom. The van der Waals surface area contributed by atoms with E-state index in [2.05, 4.69) is 5.32 Å². The first-order chi connectivity index (χ1) is 12.1. The summed E-state index contributed by atoms with van der Waals surface area (Å²) in [4.78, 5) is 11.4. The second-order valence-electron chi connectivity index (χ2n) is 5.50. The molecule has 1 atom stereocenters. The van der Waals surface area contributed by atoms with E-state index in [-0.39, 0.29) is 23.6 Å². The summed E-state index contributed by atoms with van der Waals surface area (Å²) in [7, 11) is 0. The van der Waals surface area contributed by atoms with Crippen LogP contribution in [-0.2, 0) is 17.5 Å². The number of nitrogens with one attached hydrogen (secondary N) is 1. The van der Waals surface area contributed by atoms with E-state index in [9.17, 15) is 26.7 Å². The van der Waals surface area contributed by atoms with Crippen LogP contribution in [0.4, 0.5) is 22.0 Å². The third-order valence-electron chi connectivity index (χ3n) is 3.38. The third kappa shape index (κ3) is 4.92. The molecule has 4 nitrogen and oxygen atoms in total. The van der Waals surface area contributed by atoms with Gasteiger partial charge in [0.1, 0.15) is 11.5 Å². The molecule has 0 aliphatic carbocycles. The van der Waals surface area contributed by atoms with Crippen LogP contribution in [0.2, 0.25) is 0 Å². The molecule has 0 heterocycles. The van der Waals surface area contributed by atoms with E-state index in [1.54, 1.807) is 0 Å². The monoisotopic (exact) mass is 374 g/mol. The van der Waals surface area contributed by atoms with Gasteiger partial charge < -0.3 is 15.8 Å². The maximum Gasteiger partial charge on any atom is 0.416 e. The van der Waals surface area contributed by atoms with Crippen LogP contribution in [0.15, 0.2) is 36.4 Å². The molecule has 0 aliphatic rings. The highest BCUT2D eigenvalue weighted by molar-refractivity contribution is 5.80. The van der Waals surface area contributed by atoms with E-state index >= 15 is 0 Å². The lowest BCUT2D eigenvalue weighted by atomic mass is 10.1. The van der Waals surface area contributed by atoms with Crippen molar-refractivity contribution < 1.29 is 31.5 Å². The molecule has 2 aromatic carbocycles. The molecule has 0 bridgehead atoms. The van der Waals surface area contributed by atoms with Gasteiger partial charge in [-0.3, -0.25) is 4.79 Å². The summed E-state index contributed by atoms with van der Waals surface area (Å²) in [6.07, 6.45) is -4.71. The quantitative estimate of drug-likeness (QED) is 0.784. The molecule has 1 unspecified atom stereocenters. The van der Waals surface area contributed by atoms with Crippen LogP contribution in [0, 0.1) is 11.6 Å². The van der Waals surface area contributed by atoms with Gasteiger partial charge in [-0.05, 0) is 36.8 Å². The molecule has 0 saturated carbocycles. The predicted octanol–water partition coefficient (Wildman–Crippen LogP) is 3.74. The van der Waals surface area contributed by atoms with Crippen LogP contribution in [0.5, 0.6) is 11.5 Å². The van der Waals surface area contributed by atoms with Crippen molar-refractivity contribution in [3.63, 3.8) is 0 Å². The highest BCUT2D eigenvalue weighted by atomic mass is 19.4. The summed E-state index contributed by atoms with van der Waals surface area (Å²) < 4.78 is 71.0. The number of carbonyl (C=O) groups is 1. The zero-order chi connectivity index (χ0) is 19.5. The molecule has 2 rings (SSSR count). The third-order valence-corrected chi connectivity index (χ3v) is 3.38. The van der Waals surface area contributed by atoms with Gasteiger partial charge in [0.2, 0.25) is 5.91 Å². The van der Waals surface area contributed by atoms with Crippen molar-refractivity contribution in [3.05, 3.63) is 59.2 Å². The summed E-state index contributed by atoms with van der Waals surface area (Å²) in [5.41, 5.74) is 4.13. The standard InChI is InChI=1S/C17H15F5N2O2/c1-9(23)16(25)24-8-10-2-3-11(6-13(10)17(20,21)22)26-12-4-5-14(18)15(19)7-12/h2-7,9H,8,23H2,1H3,(H,24,25). The first-order valence-electron chi connectivity index (χ1n) is 7.44. The molecule has 2 aromatic rings. The fourth-order valence-electron chi connectivity index (χ4n) is 2.06. The molecule has 26 heavy (non-hydrogen) atoms. The Kier molecular flexibility index (Phi) is 5.81. The highest BCUT2D eigenvalue weighted by Crippen LogP contribution is 2.35. The number of amides is 1. The van der Waals surface area contributed by atoms with Crippen LogP contribution in [0.25, 0.3) is 0 Å². The highest BCUT2D eigenvalue weighted by Gasteiger charge is 2.34. The maximum absolute atomic E-state index is 13.3. The molecular weight excluding hydrogens is 359 g/mol. The Morgan fingerprint density at radius 2 is 1.73 bits per heavy atom. The Labute approximate surface area is 145 Å². The molecule has 3 N–H and O–H groups in total.